The number of aromatic nitrogens is 3. The van der Waals surface area contributed by atoms with Crippen LogP contribution in [0.4, 0.5) is 0 Å². The van der Waals surface area contributed by atoms with Crippen LogP contribution in [-0.2, 0) is 6.42 Å². The maximum atomic E-state index is 4.69. The van der Waals surface area contributed by atoms with Crippen LogP contribution in [0.25, 0.3) is 11.2 Å². The van der Waals surface area contributed by atoms with E-state index in [2.05, 4.69) is 27.9 Å². The normalized spacial score (nSPS) is 16.9. The largest absolute Gasteiger partial charge is 0.326 e. The maximum Gasteiger partial charge on any atom is 0.157 e. The number of aromatic amines is 1. The van der Waals surface area contributed by atoms with Gasteiger partial charge in [0.1, 0.15) is 11.3 Å². The molecule has 0 saturated heterocycles. The third-order valence-corrected chi connectivity index (χ3v) is 3.36. The highest BCUT2D eigenvalue weighted by Gasteiger charge is 2.23. The molecule has 1 saturated carbocycles. The predicted octanol–water partition coefficient (Wildman–Crippen LogP) is 2.79. The van der Waals surface area contributed by atoms with Crippen molar-refractivity contribution in [2.45, 2.75) is 38.5 Å². The molecule has 0 atom stereocenters. The van der Waals surface area contributed by atoms with E-state index in [1.165, 1.54) is 24.8 Å². The van der Waals surface area contributed by atoms with Crippen molar-refractivity contribution in [3.8, 4) is 0 Å². The van der Waals surface area contributed by atoms with Crippen LogP contribution in [0.2, 0.25) is 0 Å². The SMILES string of the molecule is CCc1ccnc2[nH]c(C3CCC3)nc12. The molecule has 0 spiro atoms. The van der Waals surface area contributed by atoms with E-state index in [9.17, 15) is 0 Å². The lowest BCUT2D eigenvalue weighted by Gasteiger charge is -2.22. The number of nitrogens with zero attached hydrogens (tertiary/aromatic N) is 2. The molecule has 3 rings (SSSR count). The minimum Gasteiger partial charge on any atom is -0.326 e. The van der Waals surface area contributed by atoms with Crippen molar-refractivity contribution >= 4 is 11.2 Å². The number of pyridine rings is 1. The van der Waals surface area contributed by atoms with Crippen LogP contribution in [-0.4, -0.2) is 15.0 Å². The fraction of sp³-hybridized carbons (Fsp3) is 0.500. The lowest BCUT2D eigenvalue weighted by Crippen LogP contribution is -2.10. The standard InChI is InChI=1S/C12H15N3/c1-2-8-6-7-13-12-10(8)14-11(15-12)9-4-3-5-9/h6-7,9H,2-5H2,1H3,(H,13,14,15). The van der Waals surface area contributed by atoms with Gasteiger partial charge in [-0.25, -0.2) is 9.97 Å². The Bertz CT molecular complexity index is 483. The van der Waals surface area contributed by atoms with E-state index in [1.807, 2.05) is 6.20 Å². The zero-order chi connectivity index (χ0) is 10.3. The Hall–Kier alpha value is -1.38. The molecule has 2 aromatic heterocycles. The first-order valence-corrected chi connectivity index (χ1v) is 5.72. The molecule has 0 bridgehead atoms. The second-order valence-corrected chi connectivity index (χ2v) is 4.27. The summed E-state index contributed by atoms with van der Waals surface area (Å²) in [5, 5.41) is 0. The third kappa shape index (κ3) is 1.34. The Balaban J connectivity index is 2.12. The zero-order valence-corrected chi connectivity index (χ0v) is 8.95. The Morgan fingerprint density at radius 1 is 1.47 bits per heavy atom. The lowest BCUT2D eigenvalue weighted by molar-refractivity contribution is 0.404. The van der Waals surface area contributed by atoms with Gasteiger partial charge in [-0.3, -0.25) is 0 Å². The number of hydrogen-bond donors (Lipinski definition) is 1. The lowest BCUT2D eigenvalue weighted by atomic mass is 9.85. The number of aryl methyl sites for hydroxylation is 1. The first-order valence-electron chi connectivity index (χ1n) is 5.72. The monoisotopic (exact) mass is 201 g/mol. The van der Waals surface area contributed by atoms with Gasteiger partial charge in [-0.05, 0) is 30.9 Å². The molecular formula is C12H15N3. The second-order valence-electron chi connectivity index (χ2n) is 4.27. The molecule has 1 aliphatic rings. The second kappa shape index (κ2) is 3.33. The molecule has 2 aromatic rings. The number of fused-ring (bicyclic) bond motifs is 1. The Kier molecular flexibility index (Phi) is 1.97. The molecule has 0 amide bonds. The van der Waals surface area contributed by atoms with Gasteiger partial charge in [0.05, 0.1) is 0 Å². The number of nitrogens with one attached hydrogen (secondary N) is 1. The van der Waals surface area contributed by atoms with Gasteiger partial charge in [-0.1, -0.05) is 13.3 Å². The van der Waals surface area contributed by atoms with Crippen LogP contribution in [0.5, 0.6) is 0 Å². The average molecular weight is 201 g/mol. The Morgan fingerprint density at radius 3 is 3.00 bits per heavy atom. The molecule has 15 heavy (non-hydrogen) atoms. The van der Waals surface area contributed by atoms with Crippen LogP contribution in [0, 0.1) is 0 Å². The topological polar surface area (TPSA) is 41.6 Å². The summed E-state index contributed by atoms with van der Waals surface area (Å²) in [6.07, 6.45) is 6.79. The molecule has 1 N–H and O–H groups in total. The first kappa shape index (κ1) is 8.89. The van der Waals surface area contributed by atoms with Gasteiger partial charge in [0.15, 0.2) is 5.65 Å². The Morgan fingerprint density at radius 2 is 2.33 bits per heavy atom. The van der Waals surface area contributed by atoms with Crippen LogP contribution in [0.15, 0.2) is 12.3 Å². The van der Waals surface area contributed by atoms with Crippen LogP contribution < -0.4 is 0 Å². The summed E-state index contributed by atoms with van der Waals surface area (Å²) in [5.74, 6) is 1.80. The average Bonchev–Trinajstić information content (AvgIpc) is 2.57. The molecule has 0 unspecified atom stereocenters. The minimum absolute atomic E-state index is 0.656. The van der Waals surface area contributed by atoms with Gasteiger partial charge in [0.25, 0.3) is 0 Å². The molecule has 3 nitrogen and oxygen atoms in total. The molecule has 0 radical (unpaired) electrons. The van der Waals surface area contributed by atoms with Gasteiger partial charge in [-0.2, -0.15) is 0 Å². The van der Waals surface area contributed by atoms with Gasteiger partial charge in [0.2, 0.25) is 0 Å². The van der Waals surface area contributed by atoms with Gasteiger partial charge >= 0.3 is 0 Å². The van der Waals surface area contributed by atoms with E-state index >= 15 is 0 Å². The summed E-state index contributed by atoms with van der Waals surface area (Å²) in [6.45, 7) is 2.16. The molecular weight excluding hydrogens is 186 g/mol. The van der Waals surface area contributed by atoms with Crippen LogP contribution in [0.3, 0.4) is 0 Å². The molecule has 1 aliphatic carbocycles. The minimum atomic E-state index is 0.656. The van der Waals surface area contributed by atoms with Crippen molar-refractivity contribution < 1.29 is 0 Å². The molecule has 78 valence electrons. The molecule has 0 aromatic carbocycles. The fourth-order valence-corrected chi connectivity index (χ4v) is 2.14. The maximum absolute atomic E-state index is 4.69. The van der Waals surface area contributed by atoms with Gasteiger partial charge in [0, 0.05) is 12.1 Å². The smallest absolute Gasteiger partial charge is 0.157 e. The van der Waals surface area contributed by atoms with Crippen LogP contribution in [0.1, 0.15) is 43.5 Å². The summed E-state index contributed by atoms with van der Waals surface area (Å²) in [5.41, 5.74) is 3.32. The van der Waals surface area contributed by atoms with Gasteiger partial charge in [-0.15, -0.1) is 0 Å². The number of imidazole rings is 1. The molecule has 0 aliphatic heterocycles. The molecule has 1 fully saturated rings. The molecule has 2 heterocycles. The van der Waals surface area contributed by atoms with E-state index in [0.717, 1.165) is 23.4 Å². The van der Waals surface area contributed by atoms with E-state index in [4.69, 9.17) is 0 Å². The predicted molar refractivity (Wildman–Crippen MR) is 59.9 cm³/mol. The number of H-pyrrole nitrogens is 1. The van der Waals surface area contributed by atoms with E-state index in [-0.39, 0.29) is 0 Å². The van der Waals surface area contributed by atoms with E-state index in [1.54, 1.807) is 0 Å². The summed E-state index contributed by atoms with van der Waals surface area (Å²) in [7, 11) is 0. The summed E-state index contributed by atoms with van der Waals surface area (Å²) >= 11 is 0. The van der Waals surface area contributed by atoms with Crippen molar-refractivity contribution in [3.63, 3.8) is 0 Å². The molecule has 3 heteroatoms. The van der Waals surface area contributed by atoms with Crippen molar-refractivity contribution in [2.24, 2.45) is 0 Å². The Labute approximate surface area is 88.9 Å². The van der Waals surface area contributed by atoms with Crippen molar-refractivity contribution in [2.75, 3.05) is 0 Å². The number of rotatable bonds is 2. The van der Waals surface area contributed by atoms with Crippen LogP contribution >= 0.6 is 0 Å². The summed E-state index contributed by atoms with van der Waals surface area (Å²) in [4.78, 5) is 12.4. The highest BCUT2D eigenvalue weighted by Crippen LogP contribution is 2.35. The van der Waals surface area contributed by atoms with Crippen molar-refractivity contribution in [3.05, 3.63) is 23.7 Å². The van der Waals surface area contributed by atoms with Crippen molar-refractivity contribution in [1.29, 1.82) is 0 Å². The van der Waals surface area contributed by atoms with E-state index < -0.39 is 0 Å². The summed E-state index contributed by atoms with van der Waals surface area (Å²) < 4.78 is 0. The highest BCUT2D eigenvalue weighted by molar-refractivity contribution is 5.74. The van der Waals surface area contributed by atoms with Gasteiger partial charge < -0.3 is 4.98 Å². The fourth-order valence-electron chi connectivity index (χ4n) is 2.14. The summed E-state index contributed by atoms with van der Waals surface area (Å²) in [6, 6.07) is 2.06. The first-order chi connectivity index (χ1) is 7.38. The third-order valence-electron chi connectivity index (χ3n) is 3.36. The van der Waals surface area contributed by atoms with E-state index in [0.29, 0.717) is 5.92 Å². The quantitative estimate of drug-likeness (QED) is 0.811. The highest BCUT2D eigenvalue weighted by atomic mass is 15.0. The zero-order valence-electron chi connectivity index (χ0n) is 8.95. The van der Waals surface area contributed by atoms with Crippen molar-refractivity contribution in [1.82, 2.24) is 15.0 Å². The number of hydrogen-bond acceptors (Lipinski definition) is 2.